The Morgan fingerprint density at radius 2 is 1.93 bits per heavy atom. The first-order chi connectivity index (χ1) is 13.3. The molecule has 1 atom stereocenters. The molecule has 1 aromatic heterocycles. The topological polar surface area (TPSA) is 105 Å². The van der Waals surface area contributed by atoms with E-state index in [4.69, 9.17) is 5.73 Å². The summed E-state index contributed by atoms with van der Waals surface area (Å²) in [5, 5.41) is 2.98. The van der Waals surface area contributed by atoms with E-state index >= 15 is 0 Å². The molecule has 2 heterocycles. The molecule has 2 aromatic rings. The Labute approximate surface area is 162 Å². The third-order valence-corrected chi connectivity index (χ3v) is 7.55. The summed E-state index contributed by atoms with van der Waals surface area (Å²) in [4.78, 5) is 16.3. The summed E-state index contributed by atoms with van der Waals surface area (Å²) in [5.74, 6) is -0.562. The minimum Gasteiger partial charge on any atom is -0.384 e. The molecule has 2 fully saturated rings. The minimum atomic E-state index is -3.71. The maximum atomic E-state index is 13.4. The van der Waals surface area contributed by atoms with Crippen LogP contribution in [-0.2, 0) is 10.0 Å². The van der Waals surface area contributed by atoms with Gasteiger partial charge >= 0.3 is 0 Å². The van der Waals surface area contributed by atoms with Gasteiger partial charge in [-0.2, -0.15) is 4.31 Å². The van der Waals surface area contributed by atoms with Crippen LogP contribution >= 0.6 is 0 Å². The molecule has 1 spiro atoms. The van der Waals surface area contributed by atoms with Gasteiger partial charge in [0.2, 0.25) is 10.0 Å². The Morgan fingerprint density at radius 3 is 2.61 bits per heavy atom. The molecule has 4 rings (SSSR count). The molecule has 9 heteroatoms. The lowest BCUT2D eigenvalue weighted by Gasteiger charge is -2.32. The average molecular weight is 404 g/mol. The zero-order valence-corrected chi connectivity index (χ0v) is 16.0. The zero-order chi connectivity index (χ0) is 19.9. The van der Waals surface area contributed by atoms with Crippen LogP contribution in [0.3, 0.4) is 0 Å². The number of hydrogen-bond acceptors (Lipinski definition) is 5. The van der Waals surface area contributed by atoms with E-state index < -0.39 is 15.8 Å². The lowest BCUT2D eigenvalue weighted by molar-refractivity contribution is 0.0935. The molecule has 3 N–H and O–H groups in total. The second-order valence-electron chi connectivity index (χ2n) is 7.40. The quantitative estimate of drug-likeness (QED) is 0.808. The number of nitrogens with one attached hydrogen (secondary N) is 1. The standard InChI is InChI=1S/C19H21FN4O3S/c20-13-3-1-4-14(11-13)28(26,27)24-9-7-19(8-10-24)12-16(19)23-18(25)15-5-2-6-17(21)22-15/h1-6,11,16H,7-10,12H2,(H2,21,22)(H,23,25). The van der Waals surface area contributed by atoms with Crippen molar-refractivity contribution < 1.29 is 17.6 Å². The van der Waals surface area contributed by atoms with Crippen molar-refractivity contribution in [3.05, 3.63) is 54.0 Å². The summed E-state index contributed by atoms with van der Waals surface area (Å²) in [6.45, 7) is 0.698. The first-order valence-corrected chi connectivity index (χ1v) is 10.5. The Morgan fingerprint density at radius 1 is 1.21 bits per heavy atom. The number of anilines is 1. The van der Waals surface area contributed by atoms with E-state index in [-0.39, 0.29) is 33.8 Å². The predicted octanol–water partition coefficient (Wildman–Crippen LogP) is 1.78. The number of halogens is 1. The first kappa shape index (κ1) is 18.8. The number of rotatable bonds is 4. The number of aromatic nitrogens is 1. The van der Waals surface area contributed by atoms with Gasteiger partial charge in [-0.15, -0.1) is 0 Å². The highest BCUT2D eigenvalue weighted by Crippen LogP contribution is 2.54. The Hall–Kier alpha value is -2.52. The molecule has 0 bridgehead atoms. The fraction of sp³-hybridized carbons (Fsp3) is 0.368. The second kappa shape index (κ2) is 6.82. The number of benzene rings is 1. The molecule has 1 unspecified atom stereocenters. The molecule has 28 heavy (non-hydrogen) atoms. The largest absolute Gasteiger partial charge is 0.384 e. The molecule has 148 valence electrons. The van der Waals surface area contributed by atoms with Crippen molar-refractivity contribution in [2.24, 2.45) is 5.41 Å². The molecular weight excluding hydrogens is 383 g/mol. The maximum absolute atomic E-state index is 13.4. The predicted molar refractivity (Wildman–Crippen MR) is 101 cm³/mol. The molecule has 7 nitrogen and oxygen atoms in total. The van der Waals surface area contributed by atoms with Crippen LogP contribution in [0.15, 0.2) is 47.4 Å². The van der Waals surface area contributed by atoms with Gasteiger partial charge in [0.15, 0.2) is 0 Å². The summed E-state index contributed by atoms with van der Waals surface area (Å²) in [6.07, 6.45) is 2.11. The summed E-state index contributed by atoms with van der Waals surface area (Å²) in [5.41, 5.74) is 5.81. The maximum Gasteiger partial charge on any atom is 0.270 e. The normalized spacial score (nSPS) is 21.4. The minimum absolute atomic E-state index is 0.00209. The van der Waals surface area contributed by atoms with Gasteiger partial charge in [0.1, 0.15) is 17.3 Å². The van der Waals surface area contributed by atoms with E-state index in [1.54, 1.807) is 18.2 Å². The van der Waals surface area contributed by atoms with Crippen molar-refractivity contribution in [3.63, 3.8) is 0 Å². The molecule has 1 aliphatic carbocycles. The average Bonchev–Trinajstić information content (AvgIpc) is 3.32. The third kappa shape index (κ3) is 3.47. The number of amides is 1. The number of carbonyl (C=O) groups excluding carboxylic acids is 1. The van der Waals surface area contributed by atoms with Crippen LogP contribution in [0, 0.1) is 11.2 Å². The molecule has 1 saturated heterocycles. The van der Waals surface area contributed by atoms with Gasteiger partial charge in [-0.05, 0) is 55.0 Å². The van der Waals surface area contributed by atoms with Crippen LogP contribution in [0.5, 0.6) is 0 Å². The number of pyridine rings is 1. The van der Waals surface area contributed by atoms with Crippen LogP contribution in [0.4, 0.5) is 10.2 Å². The van der Waals surface area contributed by atoms with E-state index in [1.807, 2.05) is 0 Å². The van der Waals surface area contributed by atoms with Gasteiger partial charge in [0.05, 0.1) is 4.90 Å². The van der Waals surface area contributed by atoms with Gasteiger partial charge in [-0.1, -0.05) is 12.1 Å². The van der Waals surface area contributed by atoms with Crippen molar-refractivity contribution in [3.8, 4) is 0 Å². The smallest absolute Gasteiger partial charge is 0.270 e. The summed E-state index contributed by atoms with van der Waals surface area (Å²) >= 11 is 0. The number of hydrogen-bond donors (Lipinski definition) is 2. The molecule has 2 aliphatic rings. The van der Waals surface area contributed by atoms with E-state index in [0.717, 1.165) is 12.5 Å². The summed E-state index contributed by atoms with van der Waals surface area (Å²) in [7, 11) is -3.71. The SMILES string of the molecule is Nc1cccc(C(=O)NC2CC23CCN(S(=O)(=O)c2cccc(F)c2)CC3)n1. The molecular formula is C19H21FN4O3S. The van der Waals surface area contributed by atoms with Crippen LogP contribution in [0.2, 0.25) is 0 Å². The van der Waals surface area contributed by atoms with E-state index in [1.165, 1.54) is 22.5 Å². The fourth-order valence-corrected chi connectivity index (χ4v) is 5.34. The Balaban J connectivity index is 1.38. The van der Waals surface area contributed by atoms with Crippen LogP contribution in [0.1, 0.15) is 29.8 Å². The Bertz CT molecular complexity index is 1020. The van der Waals surface area contributed by atoms with Crippen LogP contribution in [0.25, 0.3) is 0 Å². The number of nitrogens with zero attached hydrogens (tertiary/aromatic N) is 2. The van der Waals surface area contributed by atoms with Gasteiger partial charge in [-0.25, -0.2) is 17.8 Å². The zero-order valence-electron chi connectivity index (χ0n) is 15.1. The molecule has 1 amide bonds. The van der Waals surface area contributed by atoms with Gasteiger partial charge in [0.25, 0.3) is 5.91 Å². The lowest BCUT2D eigenvalue weighted by Crippen LogP contribution is -2.41. The number of nitrogen functional groups attached to an aromatic ring is 1. The van der Waals surface area contributed by atoms with Crippen molar-refractivity contribution in [1.29, 1.82) is 0 Å². The second-order valence-corrected chi connectivity index (χ2v) is 9.34. The highest BCUT2D eigenvalue weighted by Gasteiger charge is 2.56. The summed E-state index contributed by atoms with van der Waals surface area (Å²) < 4.78 is 40.2. The van der Waals surface area contributed by atoms with Crippen molar-refractivity contribution in [2.75, 3.05) is 18.8 Å². The highest BCUT2D eigenvalue weighted by atomic mass is 32.2. The first-order valence-electron chi connectivity index (χ1n) is 9.09. The van der Waals surface area contributed by atoms with Gasteiger partial charge < -0.3 is 11.1 Å². The monoisotopic (exact) mass is 404 g/mol. The van der Waals surface area contributed by atoms with E-state index in [9.17, 15) is 17.6 Å². The van der Waals surface area contributed by atoms with E-state index in [2.05, 4.69) is 10.3 Å². The summed E-state index contributed by atoms with van der Waals surface area (Å²) in [6, 6.07) is 9.96. The van der Waals surface area contributed by atoms with Crippen molar-refractivity contribution in [2.45, 2.75) is 30.2 Å². The van der Waals surface area contributed by atoms with Crippen LogP contribution in [-0.4, -0.2) is 42.7 Å². The number of nitrogens with two attached hydrogens (primary N) is 1. The number of carbonyl (C=O) groups is 1. The molecule has 1 saturated carbocycles. The number of sulfonamides is 1. The van der Waals surface area contributed by atoms with E-state index in [0.29, 0.717) is 25.9 Å². The van der Waals surface area contributed by atoms with Crippen LogP contribution < -0.4 is 11.1 Å². The van der Waals surface area contributed by atoms with Crippen molar-refractivity contribution in [1.82, 2.24) is 14.6 Å². The van der Waals surface area contributed by atoms with Crippen molar-refractivity contribution >= 4 is 21.7 Å². The molecule has 1 aromatic carbocycles. The highest BCUT2D eigenvalue weighted by molar-refractivity contribution is 7.89. The number of piperidine rings is 1. The Kier molecular flexibility index (Phi) is 4.59. The third-order valence-electron chi connectivity index (χ3n) is 5.65. The molecule has 1 aliphatic heterocycles. The van der Waals surface area contributed by atoms with Gasteiger partial charge in [-0.3, -0.25) is 4.79 Å². The molecule has 0 radical (unpaired) electrons. The fourth-order valence-electron chi connectivity index (χ4n) is 3.86. The van der Waals surface area contributed by atoms with Gasteiger partial charge in [0, 0.05) is 19.1 Å². The lowest BCUT2D eigenvalue weighted by atomic mass is 9.94.